The molecule has 0 saturated heterocycles. The molecule has 0 unspecified atom stereocenters. The van der Waals surface area contributed by atoms with Crippen LogP contribution in [0.4, 0.5) is 11.4 Å². The lowest BCUT2D eigenvalue weighted by molar-refractivity contribution is -0.117. The Morgan fingerprint density at radius 3 is 2.89 bits per heavy atom. The van der Waals surface area contributed by atoms with Crippen LogP contribution >= 0.6 is 0 Å². The molecule has 5 heteroatoms. The number of carbonyl (C=O) groups excluding carboxylic acids is 1. The van der Waals surface area contributed by atoms with Crippen molar-refractivity contribution >= 4 is 17.3 Å². The molecule has 1 saturated carbocycles. The number of amides is 1. The van der Waals surface area contributed by atoms with Gasteiger partial charge in [-0.1, -0.05) is 0 Å². The predicted molar refractivity (Wildman–Crippen MR) is 76.3 cm³/mol. The van der Waals surface area contributed by atoms with E-state index in [4.69, 9.17) is 10.5 Å². The normalized spacial score (nSPS) is 14.5. The van der Waals surface area contributed by atoms with Crippen molar-refractivity contribution in [2.45, 2.75) is 12.8 Å². The number of methoxy groups -OCH3 is 1. The van der Waals surface area contributed by atoms with Gasteiger partial charge in [0, 0.05) is 12.2 Å². The second kappa shape index (κ2) is 5.93. The van der Waals surface area contributed by atoms with Crippen molar-refractivity contribution in [1.82, 2.24) is 4.90 Å². The molecule has 2 rings (SSSR count). The molecule has 1 aromatic rings. The Hall–Kier alpha value is -1.75. The number of ether oxygens (including phenoxy) is 1. The number of benzene rings is 1. The van der Waals surface area contributed by atoms with Crippen LogP contribution in [0.2, 0.25) is 0 Å². The number of nitrogens with one attached hydrogen (secondary N) is 1. The third-order valence-electron chi connectivity index (χ3n) is 3.18. The molecule has 1 aliphatic carbocycles. The summed E-state index contributed by atoms with van der Waals surface area (Å²) in [4.78, 5) is 14.0. The molecule has 0 spiro atoms. The number of nitrogen functional groups attached to an aromatic ring is 1. The van der Waals surface area contributed by atoms with Crippen LogP contribution in [-0.4, -0.2) is 38.1 Å². The summed E-state index contributed by atoms with van der Waals surface area (Å²) in [5, 5.41) is 2.84. The Bertz CT molecular complexity index is 458. The molecular weight excluding hydrogens is 242 g/mol. The summed E-state index contributed by atoms with van der Waals surface area (Å²) in [6.45, 7) is 1.37. The molecule has 0 aliphatic heterocycles. The summed E-state index contributed by atoms with van der Waals surface area (Å²) >= 11 is 0. The van der Waals surface area contributed by atoms with E-state index in [2.05, 4.69) is 5.32 Å². The number of rotatable bonds is 6. The molecule has 1 aromatic carbocycles. The highest BCUT2D eigenvalue weighted by Gasteiger charge is 2.23. The zero-order chi connectivity index (χ0) is 13.8. The SMILES string of the molecule is COc1ccc(N)cc1NC(=O)CN(C)CC1CC1. The first-order chi connectivity index (χ1) is 9.08. The number of carbonyl (C=O) groups is 1. The lowest BCUT2D eigenvalue weighted by Crippen LogP contribution is -2.31. The summed E-state index contributed by atoms with van der Waals surface area (Å²) in [7, 11) is 3.54. The van der Waals surface area contributed by atoms with Gasteiger partial charge in [0.1, 0.15) is 5.75 Å². The van der Waals surface area contributed by atoms with Gasteiger partial charge in [-0.25, -0.2) is 0 Å². The molecule has 1 amide bonds. The van der Waals surface area contributed by atoms with Gasteiger partial charge >= 0.3 is 0 Å². The number of likely N-dealkylation sites (N-methyl/N-ethyl adjacent to an activating group) is 1. The van der Waals surface area contributed by atoms with Crippen LogP contribution in [0.5, 0.6) is 5.75 Å². The maximum atomic E-state index is 12.0. The molecule has 0 heterocycles. The maximum absolute atomic E-state index is 12.0. The van der Waals surface area contributed by atoms with Crippen molar-refractivity contribution in [3.8, 4) is 5.75 Å². The summed E-state index contributed by atoms with van der Waals surface area (Å²) < 4.78 is 5.20. The van der Waals surface area contributed by atoms with E-state index in [1.54, 1.807) is 25.3 Å². The molecular formula is C14H21N3O2. The molecule has 104 valence electrons. The number of hydrogen-bond acceptors (Lipinski definition) is 4. The molecule has 5 nitrogen and oxygen atoms in total. The van der Waals surface area contributed by atoms with E-state index < -0.39 is 0 Å². The number of nitrogens with two attached hydrogens (primary N) is 1. The van der Waals surface area contributed by atoms with E-state index in [0.717, 1.165) is 12.5 Å². The molecule has 19 heavy (non-hydrogen) atoms. The Balaban J connectivity index is 1.91. The Labute approximate surface area is 113 Å². The second-order valence-electron chi connectivity index (χ2n) is 5.15. The van der Waals surface area contributed by atoms with Crippen molar-refractivity contribution in [1.29, 1.82) is 0 Å². The molecule has 0 bridgehead atoms. The van der Waals surface area contributed by atoms with Crippen LogP contribution in [0.3, 0.4) is 0 Å². The van der Waals surface area contributed by atoms with E-state index in [1.807, 2.05) is 11.9 Å². The summed E-state index contributed by atoms with van der Waals surface area (Å²) in [5.41, 5.74) is 6.93. The lowest BCUT2D eigenvalue weighted by atomic mass is 10.2. The summed E-state index contributed by atoms with van der Waals surface area (Å²) in [6, 6.07) is 5.20. The molecule has 0 aromatic heterocycles. The van der Waals surface area contributed by atoms with Gasteiger partial charge in [-0.2, -0.15) is 0 Å². The van der Waals surface area contributed by atoms with E-state index >= 15 is 0 Å². The van der Waals surface area contributed by atoms with Crippen molar-refractivity contribution < 1.29 is 9.53 Å². The third-order valence-corrected chi connectivity index (χ3v) is 3.18. The number of anilines is 2. The second-order valence-corrected chi connectivity index (χ2v) is 5.15. The smallest absolute Gasteiger partial charge is 0.238 e. The minimum absolute atomic E-state index is 0.0490. The van der Waals surface area contributed by atoms with Gasteiger partial charge in [0.2, 0.25) is 5.91 Å². The van der Waals surface area contributed by atoms with Gasteiger partial charge in [0.05, 0.1) is 19.3 Å². The van der Waals surface area contributed by atoms with E-state index in [0.29, 0.717) is 23.7 Å². The monoisotopic (exact) mass is 263 g/mol. The zero-order valence-corrected chi connectivity index (χ0v) is 11.5. The predicted octanol–water partition coefficient (Wildman–Crippen LogP) is 1.56. The largest absolute Gasteiger partial charge is 0.495 e. The van der Waals surface area contributed by atoms with Crippen LogP contribution < -0.4 is 15.8 Å². The topological polar surface area (TPSA) is 67.6 Å². The van der Waals surface area contributed by atoms with Crippen LogP contribution in [-0.2, 0) is 4.79 Å². The highest BCUT2D eigenvalue weighted by atomic mass is 16.5. The fourth-order valence-electron chi connectivity index (χ4n) is 2.06. The number of hydrogen-bond donors (Lipinski definition) is 2. The first-order valence-corrected chi connectivity index (χ1v) is 6.50. The number of nitrogens with zero attached hydrogens (tertiary/aromatic N) is 1. The fourth-order valence-corrected chi connectivity index (χ4v) is 2.06. The first kappa shape index (κ1) is 13.7. The van der Waals surface area contributed by atoms with Gasteiger partial charge in [-0.15, -0.1) is 0 Å². The van der Waals surface area contributed by atoms with Crippen LogP contribution in [0.15, 0.2) is 18.2 Å². The quantitative estimate of drug-likeness (QED) is 0.764. The summed E-state index contributed by atoms with van der Waals surface area (Å²) in [5.74, 6) is 1.35. The molecule has 3 N–H and O–H groups in total. The highest BCUT2D eigenvalue weighted by molar-refractivity contribution is 5.94. The van der Waals surface area contributed by atoms with Crippen LogP contribution in [0.25, 0.3) is 0 Å². The van der Waals surface area contributed by atoms with E-state index in [-0.39, 0.29) is 5.91 Å². The van der Waals surface area contributed by atoms with Gasteiger partial charge in [-0.05, 0) is 44.0 Å². The average molecular weight is 263 g/mol. The Morgan fingerprint density at radius 1 is 1.53 bits per heavy atom. The van der Waals surface area contributed by atoms with Gasteiger partial charge < -0.3 is 15.8 Å². The summed E-state index contributed by atoms with van der Waals surface area (Å²) in [6.07, 6.45) is 2.57. The Morgan fingerprint density at radius 2 is 2.26 bits per heavy atom. The van der Waals surface area contributed by atoms with Gasteiger partial charge in [0.25, 0.3) is 0 Å². The molecule has 1 aliphatic rings. The van der Waals surface area contributed by atoms with E-state index in [9.17, 15) is 4.79 Å². The van der Waals surface area contributed by atoms with Crippen molar-refractivity contribution in [2.75, 3.05) is 38.3 Å². The van der Waals surface area contributed by atoms with Crippen molar-refractivity contribution in [3.05, 3.63) is 18.2 Å². The lowest BCUT2D eigenvalue weighted by Gasteiger charge is -2.16. The average Bonchev–Trinajstić information content (AvgIpc) is 3.12. The minimum Gasteiger partial charge on any atom is -0.495 e. The fraction of sp³-hybridized carbons (Fsp3) is 0.500. The van der Waals surface area contributed by atoms with Crippen LogP contribution in [0, 0.1) is 5.92 Å². The van der Waals surface area contributed by atoms with Gasteiger partial charge in [0.15, 0.2) is 0 Å². The standard InChI is InChI=1S/C14H21N3O2/c1-17(8-10-3-4-10)9-14(18)16-12-7-11(15)5-6-13(12)19-2/h5-7,10H,3-4,8-9,15H2,1-2H3,(H,16,18). The molecule has 0 radical (unpaired) electrons. The van der Waals surface area contributed by atoms with Gasteiger partial charge in [-0.3, -0.25) is 9.69 Å². The highest BCUT2D eigenvalue weighted by Crippen LogP contribution is 2.29. The maximum Gasteiger partial charge on any atom is 0.238 e. The van der Waals surface area contributed by atoms with Crippen LogP contribution in [0.1, 0.15) is 12.8 Å². The van der Waals surface area contributed by atoms with Crippen molar-refractivity contribution in [3.63, 3.8) is 0 Å². The molecule has 0 atom stereocenters. The Kier molecular flexibility index (Phi) is 4.27. The molecule has 1 fully saturated rings. The minimum atomic E-state index is -0.0490. The van der Waals surface area contributed by atoms with Crippen molar-refractivity contribution in [2.24, 2.45) is 5.92 Å². The third kappa shape index (κ3) is 4.13. The first-order valence-electron chi connectivity index (χ1n) is 6.50. The van der Waals surface area contributed by atoms with E-state index in [1.165, 1.54) is 12.8 Å². The zero-order valence-electron chi connectivity index (χ0n) is 11.5.